The summed E-state index contributed by atoms with van der Waals surface area (Å²) in [5, 5.41) is 0. The molecule has 3 heterocycles. The number of Topliss-reactive ketones (excluding diaryl/α,β-unsaturated/α-hetero) is 1. The number of aromatic nitrogens is 2. The fourth-order valence-electron chi connectivity index (χ4n) is 4.28. The Morgan fingerprint density at radius 1 is 1.03 bits per heavy atom. The molecular formula is C25H29FN4O. The summed E-state index contributed by atoms with van der Waals surface area (Å²) in [7, 11) is 0. The maximum Gasteiger partial charge on any atom is 0.178 e. The molecule has 0 N–H and O–H groups in total. The van der Waals surface area contributed by atoms with Crippen molar-refractivity contribution >= 4 is 11.6 Å². The number of hydrogen-bond donors (Lipinski definition) is 0. The molecule has 3 aromatic rings. The van der Waals surface area contributed by atoms with Crippen molar-refractivity contribution in [3.05, 3.63) is 83.1 Å². The molecule has 0 bridgehead atoms. The molecule has 0 aliphatic carbocycles. The number of hydrogen-bond acceptors (Lipinski definition) is 4. The molecule has 1 saturated heterocycles. The lowest BCUT2D eigenvalue weighted by Crippen LogP contribution is -2.48. The van der Waals surface area contributed by atoms with E-state index in [1.165, 1.54) is 12.1 Å². The average Bonchev–Trinajstić information content (AvgIpc) is 3.08. The third-order valence-corrected chi connectivity index (χ3v) is 6.12. The van der Waals surface area contributed by atoms with E-state index in [1.54, 1.807) is 0 Å². The van der Waals surface area contributed by atoms with E-state index in [0.717, 1.165) is 67.5 Å². The average molecular weight is 421 g/mol. The minimum atomic E-state index is -0.217. The smallest absolute Gasteiger partial charge is 0.178 e. The Balaban J connectivity index is 1.35. The van der Waals surface area contributed by atoms with Gasteiger partial charge in [-0.25, -0.2) is 9.37 Å². The zero-order valence-corrected chi connectivity index (χ0v) is 18.2. The van der Waals surface area contributed by atoms with Gasteiger partial charge in [0, 0.05) is 55.9 Å². The molecule has 1 fully saturated rings. The molecule has 1 aromatic carbocycles. The van der Waals surface area contributed by atoms with Crippen LogP contribution in [0.2, 0.25) is 0 Å². The number of piperazine rings is 1. The summed E-state index contributed by atoms with van der Waals surface area (Å²) < 4.78 is 15.3. The Bertz CT molecular complexity index is 1020. The molecular weight excluding hydrogens is 391 g/mol. The minimum absolute atomic E-state index is 0.174. The zero-order chi connectivity index (χ0) is 21.8. The first-order chi connectivity index (χ1) is 15.0. The second-order valence-corrected chi connectivity index (χ2v) is 8.19. The Hall–Kier alpha value is -2.99. The van der Waals surface area contributed by atoms with Gasteiger partial charge in [-0.3, -0.25) is 9.69 Å². The maximum absolute atomic E-state index is 13.1. The first kappa shape index (κ1) is 21.2. The van der Waals surface area contributed by atoms with Crippen molar-refractivity contribution in [2.24, 2.45) is 0 Å². The topological polar surface area (TPSA) is 41.4 Å². The van der Waals surface area contributed by atoms with Gasteiger partial charge in [-0.2, -0.15) is 0 Å². The van der Waals surface area contributed by atoms with Gasteiger partial charge < -0.3 is 9.47 Å². The molecule has 0 saturated carbocycles. The Labute approximate surface area is 183 Å². The molecule has 5 nitrogen and oxygen atoms in total. The van der Waals surface area contributed by atoms with Crippen LogP contribution >= 0.6 is 0 Å². The predicted octanol–water partition coefficient (Wildman–Crippen LogP) is 3.89. The van der Waals surface area contributed by atoms with Crippen molar-refractivity contribution in [3.8, 4) is 0 Å². The normalized spacial score (nSPS) is 14.7. The number of nitrogens with zero attached hydrogens (tertiary/aromatic N) is 4. The van der Waals surface area contributed by atoms with E-state index in [9.17, 15) is 9.18 Å². The highest BCUT2D eigenvalue weighted by Gasteiger charge is 2.22. The van der Waals surface area contributed by atoms with Crippen LogP contribution in [0.15, 0.2) is 54.7 Å². The molecule has 4 rings (SSSR count). The Morgan fingerprint density at radius 2 is 1.77 bits per heavy atom. The van der Waals surface area contributed by atoms with Crippen molar-refractivity contribution in [1.82, 2.24) is 14.5 Å². The van der Waals surface area contributed by atoms with Crippen LogP contribution in [-0.2, 0) is 13.0 Å². The zero-order valence-electron chi connectivity index (χ0n) is 18.2. The Kier molecular flexibility index (Phi) is 6.47. The van der Waals surface area contributed by atoms with Gasteiger partial charge >= 0.3 is 0 Å². The number of ketones is 1. The highest BCUT2D eigenvalue weighted by Crippen LogP contribution is 2.19. The number of pyridine rings is 1. The number of carbonyl (C=O) groups excluding carboxylic acids is 1. The molecule has 1 aliphatic rings. The van der Waals surface area contributed by atoms with Gasteiger partial charge in [-0.15, -0.1) is 0 Å². The lowest BCUT2D eigenvalue weighted by atomic mass is 10.1. The van der Waals surface area contributed by atoms with Crippen LogP contribution in [0.25, 0.3) is 0 Å². The summed E-state index contributed by atoms with van der Waals surface area (Å²) in [6, 6.07) is 14.6. The van der Waals surface area contributed by atoms with E-state index in [4.69, 9.17) is 0 Å². The third kappa shape index (κ3) is 5.02. The van der Waals surface area contributed by atoms with Gasteiger partial charge in [0.1, 0.15) is 11.6 Å². The van der Waals surface area contributed by atoms with Crippen LogP contribution in [0.5, 0.6) is 0 Å². The molecule has 31 heavy (non-hydrogen) atoms. The van der Waals surface area contributed by atoms with E-state index >= 15 is 0 Å². The molecule has 0 atom stereocenters. The number of carbonyl (C=O) groups is 1. The van der Waals surface area contributed by atoms with Crippen LogP contribution in [-0.4, -0.2) is 53.0 Å². The number of rotatable bonds is 7. The van der Waals surface area contributed by atoms with Crippen LogP contribution in [0.4, 0.5) is 10.2 Å². The van der Waals surface area contributed by atoms with Gasteiger partial charge in [0.15, 0.2) is 5.78 Å². The third-order valence-electron chi connectivity index (χ3n) is 6.12. The maximum atomic E-state index is 13.1. The van der Waals surface area contributed by atoms with Crippen molar-refractivity contribution in [2.45, 2.75) is 26.8 Å². The van der Waals surface area contributed by atoms with Gasteiger partial charge in [-0.1, -0.05) is 18.2 Å². The van der Waals surface area contributed by atoms with Crippen molar-refractivity contribution in [3.63, 3.8) is 0 Å². The summed E-state index contributed by atoms with van der Waals surface area (Å²) in [5.41, 5.74) is 4.00. The molecule has 2 aromatic heterocycles. The van der Waals surface area contributed by atoms with Gasteiger partial charge in [0.2, 0.25) is 0 Å². The van der Waals surface area contributed by atoms with Crippen molar-refractivity contribution in [1.29, 1.82) is 0 Å². The molecule has 6 heteroatoms. The molecule has 162 valence electrons. The van der Waals surface area contributed by atoms with Crippen LogP contribution < -0.4 is 4.90 Å². The first-order valence-corrected chi connectivity index (χ1v) is 10.8. The van der Waals surface area contributed by atoms with E-state index in [2.05, 4.69) is 19.4 Å². The first-order valence-electron chi connectivity index (χ1n) is 10.8. The predicted molar refractivity (Wildman–Crippen MR) is 121 cm³/mol. The number of benzene rings is 1. The summed E-state index contributed by atoms with van der Waals surface area (Å²) in [4.78, 5) is 22.0. The monoisotopic (exact) mass is 420 g/mol. The highest BCUT2D eigenvalue weighted by atomic mass is 19.1. The van der Waals surface area contributed by atoms with E-state index in [0.29, 0.717) is 6.54 Å². The molecule has 1 aliphatic heterocycles. The minimum Gasteiger partial charge on any atom is -0.354 e. The van der Waals surface area contributed by atoms with Crippen LogP contribution in [0.1, 0.15) is 27.3 Å². The molecule has 0 unspecified atom stereocenters. The molecule has 0 radical (unpaired) electrons. The Morgan fingerprint density at radius 3 is 2.45 bits per heavy atom. The fraction of sp³-hybridized carbons (Fsp3) is 0.360. The van der Waals surface area contributed by atoms with Crippen LogP contribution in [0.3, 0.4) is 0 Å². The second-order valence-electron chi connectivity index (χ2n) is 8.19. The van der Waals surface area contributed by atoms with Crippen molar-refractivity contribution in [2.75, 3.05) is 37.6 Å². The summed E-state index contributed by atoms with van der Waals surface area (Å²) >= 11 is 0. The number of anilines is 1. The summed E-state index contributed by atoms with van der Waals surface area (Å²) in [6.45, 7) is 8.74. The molecule has 0 amide bonds. The lowest BCUT2D eigenvalue weighted by molar-refractivity contribution is 0.0925. The SMILES string of the molecule is Cc1cc(C(=O)CN2CCN(c3ccccn3)CC2)c(C)n1CCc1ccc(F)cc1. The van der Waals surface area contributed by atoms with Gasteiger partial charge in [0.25, 0.3) is 0 Å². The quantitative estimate of drug-likeness (QED) is 0.544. The number of aryl methyl sites for hydroxylation is 2. The summed E-state index contributed by atoms with van der Waals surface area (Å²) in [6.07, 6.45) is 2.62. The van der Waals surface area contributed by atoms with E-state index < -0.39 is 0 Å². The van der Waals surface area contributed by atoms with Crippen LogP contribution in [0, 0.1) is 19.7 Å². The van der Waals surface area contributed by atoms with Gasteiger partial charge in [-0.05, 0) is 56.2 Å². The highest BCUT2D eigenvalue weighted by molar-refractivity contribution is 5.99. The van der Waals surface area contributed by atoms with Crippen molar-refractivity contribution < 1.29 is 9.18 Å². The second kappa shape index (κ2) is 9.43. The molecule has 0 spiro atoms. The number of halogens is 1. The lowest BCUT2D eigenvalue weighted by Gasteiger charge is -2.35. The fourth-order valence-corrected chi connectivity index (χ4v) is 4.28. The van der Waals surface area contributed by atoms with E-state index in [-0.39, 0.29) is 11.6 Å². The summed E-state index contributed by atoms with van der Waals surface area (Å²) in [5.74, 6) is 0.955. The standard InChI is InChI=1S/C25H29FN4O/c1-19-17-23(20(2)30(19)12-10-21-6-8-22(26)9-7-21)24(31)18-28-13-15-29(16-14-28)25-5-3-4-11-27-25/h3-9,11,17H,10,12-16,18H2,1-2H3. The largest absolute Gasteiger partial charge is 0.354 e. The van der Waals surface area contributed by atoms with E-state index in [1.807, 2.05) is 56.4 Å². The van der Waals surface area contributed by atoms with Gasteiger partial charge in [0.05, 0.1) is 6.54 Å².